The molecule has 10 nitrogen and oxygen atoms in total. The van der Waals surface area contributed by atoms with Gasteiger partial charge in [0.2, 0.25) is 0 Å². The zero-order chi connectivity index (χ0) is 24.4. The van der Waals surface area contributed by atoms with Crippen molar-refractivity contribution in [2.75, 3.05) is 12.8 Å². The van der Waals surface area contributed by atoms with Crippen molar-refractivity contribution in [3.63, 3.8) is 0 Å². The van der Waals surface area contributed by atoms with Crippen molar-refractivity contribution in [1.29, 1.82) is 0 Å². The van der Waals surface area contributed by atoms with Crippen LogP contribution in [0.3, 0.4) is 0 Å². The summed E-state index contributed by atoms with van der Waals surface area (Å²) in [6, 6.07) is 7.87. The molecule has 1 heterocycles. The molecule has 0 spiro atoms. The Morgan fingerprint density at radius 1 is 0.970 bits per heavy atom. The molecule has 0 unspecified atom stereocenters. The molecule has 0 aliphatic rings. The average Bonchev–Trinajstić information content (AvgIpc) is 2.72. The fraction of sp³-hybridized carbons (Fsp3) is 0.0476. The lowest BCUT2D eigenvalue weighted by atomic mass is 9.95. The number of nitrogen functional groups attached to an aromatic ring is 1. The number of esters is 1. The Kier molecular flexibility index (Phi) is 6.61. The Balaban J connectivity index is 2.14. The number of carbonyl (C=O) groups excluding carboxylic acids is 1. The smallest absolute Gasteiger partial charge is 0.345 e. The molecule has 2 aromatic carbocycles. The number of pyridine rings is 1. The van der Waals surface area contributed by atoms with E-state index in [0.29, 0.717) is 5.02 Å². The molecule has 33 heavy (non-hydrogen) atoms. The number of aromatic nitrogens is 1. The molecular weight excluding hydrogens is 479 g/mol. The van der Waals surface area contributed by atoms with Crippen LogP contribution in [0.4, 0.5) is 5.82 Å². The van der Waals surface area contributed by atoms with Gasteiger partial charge in [0.15, 0.2) is 11.5 Å². The Labute approximate surface area is 195 Å². The van der Waals surface area contributed by atoms with E-state index in [4.69, 9.17) is 38.4 Å². The molecule has 0 bridgehead atoms. The van der Waals surface area contributed by atoms with Crippen molar-refractivity contribution in [1.82, 2.24) is 4.98 Å². The average molecular weight is 493 g/mol. The molecule has 0 aliphatic heterocycles. The molecule has 5 N–H and O–H groups in total. The number of halogens is 2. The summed E-state index contributed by atoms with van der Waals surface area (Å²) in [7, 11) is 1.24. The third-order valence-electron chi connectivity index (χ3n) is 4.48. The van der Waals surface area contributed by atoms with Gasteiger partial charge in [-0.3, -0.25) is 4.79 Å². The Hall–Kier alpha value is -4.02. The van der Waals surface area contributed by atoms with E-state index in [1.165, 1.54) is 43.5 Å². The van der Waals surface area contributed by atoms with Crippen molar-refractivity contribution >= 4 is 46.9 Å². The predicted octanol–water partition coefficient (Wildman–Crippen LogP) is 3.56. The second kappa shape index (κ2) is 9.23. The van der Waals surface area contributed by atoms with Gasteiger partial charge in [0.05, 0.1) is 17.7 Å². The minimum atomic E-state index is -1.67. The van der Waals surface area contributed by atoms with Crippen molar-refractivity contribution in [2.45, 2.75) is 0 Å². The maximum Gasteiger partial charge on any atom is 0.345 e. The van der Waals surface area contributed by atoms with E-state index in [1.54, 1.807) is 0 Å². The minimum absolute atomic E-state index is 0.0240. The van der Waals surface area contributed by atoms with Crippen molar-refractivity contribution < 1.29 is 34.1 Å². The molecule has 3 rings (SSSR count). The summed E-state index contributed by atoms with van der Waals surface area (Å²) in [4.78, 5) is 50.2. The van der Waals surface area contributed by atoms with Crippen LogP contribution < -0.4 is 20.8 Å². The summed E-state index contributed by atoms with van der Waals surface area (Å²) < 4.78 is 10.5. The van der Waals surface area contributed by atoms with E-state index in [9.17, 15) is 29.4 Å². The standard InChI is InChI=1S/C21H14Cl2N2O8/c1-32-13-6-8(14-15(19(27)28)17(24)25-18(26)16(14)20(29)30)2-5-12(13)33-21(31)10-4-3-9(22)7-11(10)23/h2-7H,1H3,(H,27,28)(H,29,30)(H3,24,25,26). The number of benzene rings is 2. The maximum atomic E-state index is 12.5. The van der Waals surface area contributed by atoms with E-state index in [2.05, 4.69) is 0 Å². The highest BCUT2D eigenvalue weighted by molar-refractivity contribution is 6.36. The van der Waals surface area contributed by atoms with Crippen molar-refractivity contribution in [3.05, 3.63) is 73.5 Å². The fourth-order valence-electron chi connectivity index (χ4n) is 3.05. The summed E-state index contributed by atoms with van der Waals surface area (Å²) in [5.41, 5.74) is 2.65. The number of hydrogen-bond donors (Lipinski definition) is 4. The van der Waals surface area contributed by atoms with Gasteiger partial charge in [0, 0.05) is 10.6 Å². The number of carbonyl (C=O) groups is 3. The van der Waals surface area contributed by atoms with Crippen LogP contribution in [0, 0.1) is 0 Å². The molecule has 12 heteroatoms. The summed E-state index contributed by atoms with van der Waals surface area (Å²) in [6.45, 7) is 0. The zero-order valence-electron chi connectivity index (χ0n) is 16.6. The summed E-state index contributed by atoms with van der Waals surface area (Å²) in [5.74, 6) is -4.73. The molecule has 0 radical (unpaired) electrons. The number of aromatic amines is 1. The summed E-state index contributed by atoms with van der Waals surface area (Å²) in [5, 5.41) is 19.4. The van der Waals surface area contributed by atoms with Gasteiger partial charge in [-0.15, -0.1) is 0 Å². The van der Waals surface area contributed by atoms with Crippen molar-refractivity contribution in [3.8, 4) is 22.6 Å². The molecule has 0 saturated heterocycles. The number of aromatic carboxylic acids is 2. The van der Waals surface area contributed by atoms with Crippen LogP contribution in [0.1, 0.15) is 31.1 Å². The number of carboxylic acid groups (broad SMARTS) is 2. The molecule has 0 amide bonds. The van der Waals surface area contributed by atoms with E-state index < -0.39 is 46.0 Å². The maximum absolute atomic E-state index is 12.5. The van der Waals surface area contributed by atoms with Gasteiger partial charge >= 0.3 is 17.9 Å². The topological polar surface area (TPSA) is 169 Å². The Morgan fingerprint density at radius 2 is 1.64 bits per heavy atom. The first-order valence-electron chi connectivity index (χ1n) is 8.93. The highest BCUT2D eigenvalue weighted by atomic mass is 35.5. The van der Waals surface area contributed by atoms with E-state index in [0.717, 1.165) is 0 Å². The van der Waals surface area contributed by atoms with Gasteiger partial charge in [-0.05, 0) is 35.9 Å². The first kappa shape index (κ1) is 23.6. The summed E-state index contributed by atoms with van der Waals surface area (Å²) >= 11 is 11.8. The molecule has 170 valence electrons. The number of hydrogen-bond acceptors (Lipinski definition) is 7. The number of anilines is 1. The first-order valence-corrected chi connectivity index (χ1v) is 9.68. The van der Waals surface area contributed by atoms with Crippen LogP contribution in [0.25, 0.3) is 11.1 Å². The Morgan fingerprint density at radius 3 is 2.21 bits per heavy atom. The van der Waals surface area contributed by atoms with E-state index in [-0.39, 0.29) is 27.6 Å². The SMILES string of the molecule is COc1cc(-c2c(C(=O)O)c(N)[nH]c(=O)c2C(=O)O)ccc1OC(=O)c1ccc(Cl)cc1Cl. The van der Waals surface area contributed by atoms with Gasteiger partial charge in [-0.25, -0.2) is 14.4 Å². The molecule has 0 atom stereocenters. The van der Waals surface area contributed by atoms with E-state index >= 15 is 0 Å². The summed E-state index contributed by atoms with van der Waals surface area (Å²) in [6.07, 6.45) is 0. The van der Waals surface area contributed by atoms with Crippen LogP contribution in [0.2, 0.25) is 10.0 Å². The number of nitrogens with one attached hydrogen (secondary N) is 1. The number of H-pyrrole nitrogens is 1. The number of methoxy groups -OCH3 is 1. The molecule has 0 aliphatic carbocycles. The first-order chi connectivity index (χ1) is 15.5. The van der Waals surface area contributed by atoms with Gasteiger partial charge < -0.3 is 30.4 Å². The molecular formula is C21H14Cl2N2O8. The molecule has 3 aromatic rings. The number of carboxylic acids is 2. The van der Waals surface area contributed by atoms with E-state index in [1.807, 2.05) is 4.98 Å². The van der Waals surface area contributed by atoms with Gasteiger partial charge in [0.25, 0.3) is 5.56 Å². The monoisotopic (exact) mass is 492 g/mol. The lowest BCUT2D eigenvalue weighted by Crippen LogP contribution is -2.24. The lowest BCUT2D eigenvalue weighted by Gasteiger charge is -2.15. The van der Waals surface area contributed by atoms with Gasteiger partial charge in [-0.2, -0.15) is 0 Å². The molecule has 0 saturated carbocycles. The predicted molar refractivity (Wildman–Crippen MR) is 119 cm³/mol. The quantitative estimate of drug-likeness (QED) is 0.296. The van der Waals surface area contributed by atoms with Crippen molar-refractivity contribution in [2.24, 2.45) is 0 Å². The third-order valence-corrected chi connectivity index (χ3v) is 5.03. The lowest BCUT2D eigenvalue weighted by molar-refractivity contribution is 0.0693. The number of nitrogens with two attached hydrogens (primary N) is 1. The van der Waals surface area contributed by atoms with Gasteiger partial charge in [0.1, 0.15) is 16.9 Å². The van der Waals surface area contributed by atoms with Crippen LogP contribution in [0.5, 0.6) is 11.5 Å². The highest BCUT2D eigenvalue weighted by Crippen LogP contribution is 2.36. The van der Waals surface area contributed by atoms with Crippen LogP contribution in [-0.4, -0.2) is 40.2 Å². The molecule has 1 aromatic heterocycles. The minimum Gasteiger partial charge on any atom is -0.493 e. The van der Waals surface area contributed by atoms with Crippen LogP contribution in [-0.2, 0) is 0 Å². The fourth-order valence-corrected chi connectivity index (χ4v) is 3.54. The van der Waals surface area contributed by atoms with Crippen LogP contribution in [0.15, 0.2) is 41.2 Å². The molecule has 0 fully saturated rings. The second-order valence-corrected chi connectivity index (χ2v) is 7.33. The largest absolute Gasteiger partial charge is 0.493 e. The third kappa shape index (κ3) is 4.61. The zero-order valence-corrected chi connectivity index (χ0v) is 18.2. The van der Waals surface area contributed by atoms with Crippen LogP contribution >= 0.6 is 23.2 Å². The number of rotatable bonds is 6. The second-order valence-electron chi connectivity index (χ2n) is 6.48. The Bertz CT molecular complexity index is 1370. The number of ether oxygens (including phenoxy) is 2. The highest BCUT2D eigenvalue weighted by Gasteiger charge is 2.27. The van der Waals surface area contributed by atoms with Gasteiger partial charge in [-0.1, -0.05) is 29.3 Å². The normalized spacial score (nSPS) is 10.5.